The fourth-order valence-corrected chi connectivity index (χ4v) is 5.21. The van der Waals surface area contributed by atoms with Crippen LogP contribution in [0.4, 0.5) is 5.82 Å². The van der Waals surface area contributed by atoms with Crippen molar-refractivity contribution in [3.63, 3.8) is 0 Å². The fourth-order valence-electron chi connectivity index (χ4n) is 5.21. The van der Waals surface area contributed by atoms with Crippen molar-refractivity contribution >= 4 is 17.2 Å². The van der Waals surface area contributed by atoms with E-state index in [1.807, 2.05) is 48.7 Å². The molecule has 4 rings (SSSR count). The number of Topliss-reactive ketones (excluding diaryl/α,β-unsaturated/α-hetero) is 1. The molecule has 3 N–H and O–H groups in total. The van der Waals surface area contributed by atoms with Crippen LogP contribution >= 0.6 is 0 Å². The number of carbonyl (C=O) groups excluding carboxylic acids is 1. The SMILES string of the molecule is CCCC(C)CC(CC)c1nc2c(-c3ccc(-c4ccccc4)nc3)cnn2c(N)c1CC(=O)C(O)CC. The Balaban J connectivity index is 1.81. The fraction of sp³-hybridized carbons (Fsp3) is 0.419. The summed E-state index contributed by atoms with van der Waals surface area (Å²) in [5, 5.41) is 14.8. The summed E-state index contributed by atoms with van der Waals surface area (Å²) in [5.41, 5.74) is 12.6. The number of aliphatic hydroxyl groups excluding tert-OH is 1. The van der Waals surface area contributed by atoms with Gasteiger partial charge in [-0.1, -0.05) is 76.9 Å². The molecule has 0 radical (unpaired) electrons. The van der Waals surface area contributed by atoms with Crippen molar-refractivity contribution in [1.29, 1.82) is 0 Å². The van der Waals surface area contributed by atoms with Crippen LogP contribution in [-0.2, 0) is 11.2 Å². The molecule has 0 bridgehead atoms. The number of aliphatic hydroxyl groups is 1. The minimum absolute atomic E-state index is 0.0420. The number of anilines is 1. The normalized spacial score (nSPS) is 13.9. The topological polar surface area (TPSA) is 106 Å². The molecule has 0 amide bonds. The molecule has 3 atom stereocenters. The van der Waals surface area contributed by atoms with E-state index in [1.54, 1.807) is 17.6 Å². The van der Waals surface area contributed by atoms with Crippen LogP contribution in [0.3, 0.4) is 0 Å². The Morgan fingerprint density at radius 3 is 2.42 bits per heavy atom. The van der Waals surface area contributed by atoms with Gasteiger partial charge in [0, 0.05) is 40.8 Å². The minimum Gasteiger partial charge on any atom is -0.385 e. The van der Waals surface area contributed by atoms with Gasteiger partial charge >= 0.3 is 0 Å². The molecular formula is C31H39N5O2. The summed E-state index contributed by atoms with van der Waals surface area (Å²) in [7, 11) is 0. The molecule has 1 aromatic carbocycles. The van der Waals surface area contributed by atoms with Gasteiger partial charge in [0.15, 0.2) is 11.4 Å². The molecule has 38 heavy (non-hydrogen) atoms. The molecule has 7 heteroatoms. The van der Waals surface area contributed by atoms with E-state index in [-0.39, 0.29) is 18.1 Å². The van der Waals surface area contributed by atoms with Crippen LogP contribution in [0.25, 0.3) is 28.0 Å². The highest BCUT2D eigenvalue weighted by Crippen LogP contribution is 2.35. The lowest BCUT2D eigenvalue weighted by molar-refractivity contribution is -0.126. The Bertz CT molecular complexity index is 1360. The Hall–Kier alpha value is -3.58. The lowest BCUT2D eigenvalue weighted by Gasteiger charge is -2.23. The maximum absolute atomic E-state index is 12.8. The van der Waals surface area contributed by atoms with Crippen molar-refractivity contribution in [1.82, 2.24) is 19.6 Å². The van der Waals surface area contributed by atoms with E-state index in [9.17, 15) is 9.90 Å². The van der Waals surface area contributed by atoms with Crippen LogP contribution in [0.2, 0.25) is 0 Å². The molecule has 0 aliphatic heterocycles. The van der Waals surface area contributed by atoms with Gasteiger partial charge in [-0.15, -0.1) is 0 Å². The van der Waals surface area contributed by atoms with E-state index in [0.717, 1.165) is 53.8 Å². The van der Waals surface area contributed by atoms with E-state index in [2.05, 4.69) is 30.9 Å². The first kappa shape index (κ1) is 27.5. The number of rotatable bonds is 12. The van der Waals surface area contributed by atoms with E-state index in [4.69, 9.17) is 10.7 Å². The zero-order chi connectivity index (χ0) is 27.2. The van der Waals surface area contributed by atoms with Crippen molar-refractivity contribution in [2.75, 3.05) is 5.73 Å². The van der Waals surface area contributed by atoms with Crippen LogP contribution in [0.1, 0.15) is 77.0 Å². The lowest BCUT2D eigenvalue weighted by Crippen LogP contribution is -2.24. The number of carbonyl (C=O) groups is 1. The van der Waals surface area contributed by atoms with Crippen molar-refractivity contribution in [3.05, 3.63) is 66.1 Å². The highest BCUT2D eigenvalue weighted by atomic mass is 16.3. The van der Waals surface area contributed by atoms with Crippen molar-refractivity contribution in [2.24, 2.45) is 5.92 Å². The van der Waals surface area contributed by atoms with E-state index >= 15 is 0 Å². The number of nitrogens with zero attached hydrogens (tertiary/aromatic N) is 4. The van der Waals surface area contributed by atoms with E-state index < -0.39 is 6.10 Å². The predicted octanol–water partition coefficient (Wildman–Crippen LogP) is 6.24. The molecule has 4 aromatic rings. The van der Waals surface area contributed by atoms with Gasteiger partial charge in [0.2, 0.25) is 0 Å². The molecule has 3 unspecified atom stereocenters. The van der Waals surface area contributed by atoms with Crippen LogP contribution in [0.15, 0.2) is 54.9 Å². The molecule has 0 aliphatic rings. The zero-order valence-electron chi connectivity index (χ0n) is 22.9. The van der Waals surface area contributed by atoms with Crippen LogP contribution in [-0.4, -0.2) is 36.6 Å². The molecule has 3 heterocycles. The monoisotopic (exact) mass is 513 g/mol. The number of ketones is 1. The van der Waals surface area contributed by atoms with Crippen molar-refractivity contribution in [2.45, 2.75) is 78.2 Å². The van der Waals surface area contributed by atoms with Gasteiger partial charge in [-0.2, -0.15) is 9.61 Å². The number of aromatic nitrogens is 4. The van der Waals surface area contributed by atoms with Gasteiger partial charge < -0.3 is 10.8 Å². The zero-order valence-corrected chi connectivity index (χ0v) is 22.9. The third-order valence-corrected chi connectivity index (χ3v) is 7.42. The molecule has 3 aromatic heterocycles. The molecule has 0 saturated heterocycles. The summed E-state index contributed by atoms with van der Waals surface area (Å²) >= 11 is 0. The Morgan fingerprint density at radius 2 is 1.79 bits per heavy atom. The van der Waals surface area contributed by atoms with Crippen molar-refractivity contribution in [3.8, 4) is 22.4 Å². The molecule has 200 valence electrons. The number of pyridine rings is 1. The van der Waals surface area contributed by atoms with E-state index in [0.29, 0.717) is 29.4 Å². The highest BCUT2D eigenvalue weighted by Gasteiger charge is 2.26. The van der Waals surface area contributed by atoms with Gasteiger partial charge in [0.1, 0.15) is 11.9 Å². The average Bonchev–Trinajstić information content (AvgIpc) is 3.37. The Labute approximate surface area is 225 Å². The van der Waals surface area contributed by atoms with Gasteiger partial charge in [0.25, 0.3) is 0 Å². The van der Waals surface area contributed by atoms with Gasteiger partial charge in [-0.05, 0) is 31.2 Å². The molecule has 0 saturated carbocycles. The van der Waals surface area contributed by atoms with Gasteiger partial charge in [0.05, 0.1) is 17.6 Å². The molecule has 0 fully saturated rings. The third-order valence-electron chi connectivity index (χ3n) is 7.42. The highest BCUT2D eigenvalue weighted by molar-refractivity contribution is 5.87. The minimum atomic E-state index is -1.01. The maximum atomic E-state index is 12.8. The molecular weight excluding hydrogens is 474 g/mol. The number of hydrogen-bond donors (Lipinski definition) is 2. The summed E-state index contributed by atoms with van der Waals surface area (Å²) in [6.07, 6.45) is 7.09. The van der Waals surface area contributed by atoms with Crippen LogP contribution < -0.4 is 5.73 Å². The average molecular weight is 514 g/mol. The van der Waals surface area contributed by atoms with Crippen molar-refractivity contribution < 1.29 is 9.90 Å². The first-order valence-corrected chi connectivity index (χ1v) is 13.8. The summed E-state index contributed by atoms with van der Waals surface area (Å²) in [5.74, 6) is 0.828. The first-order valence-electron chi connectivity index (χ1n) is 13.8. The number of fused-ring (bicyclic) bond motifs is 1. The molecule has 0 aliphatic carbocycles. The second kappa shape index (κ2) is 12.3. The quantitative estimate of drug-likeness (QED) is 0.232. The smallest absolute Gasteiger partial charge is 0.165 e. The second-order valence-corrected chi connectivity index (χ2v) is 10.3. The number of hydrogen-bond acceptors (Lipinski definition) is 6. The molecule has 0 spiro atoms. The number of benzene rings is 1. The summed E-state index contributed by atoms with van der Waals surface area (Å²) in [6.45, 7) is 8.42. The molecule has 7 nitrogen and oxygen atoms in total. The van der Waals surface area contributed by atoms with Crippen LogP contribution in [0.5, 0.6) is 0 Å². The maximum Gasteiger partial charge on any atom is 0.165 e. The van der Waals surface area contributed by atoms with Crippen LogP contribution in [0, 0.1) is 5.92 Å². The number of nitrogens with two attached hydrogens (primary N) is 1. The Kier molecular flexibility index (Phi) is 8.89. The van der Waals surface area contributed by atoms with E-state index in [1.165, 1.54) is 0 Å². The predicted molar refractivity (Wildman–Crippen MR) is 153 cm³/mol. The first-order chi connectivity index (χ1) is 18.4. The largest absolute Gasteiger partial charge is 0.385 e. The lowest BCUT2D eigenvalue weighted by atomic mass is 9.85. The van der Waals surface area contributed by atoms with Gasteiger partial charge in [-0.25, -0.2) is 4.98 Å². The Morgan fingerprint density at radius 1 is 1.03 bits per heavy atom. The second-order valence-electron chi connectivity index (χ2n) is 10.3. The summed E-state index contributed by atoms with van der Waals surface area (Å²) in [4.78, 5) is 22.6. The standard InChI is InChI=1S/C31H39N5O2/c1-5-11-20(4)16-21(6-2)29-24(17-28(38)27(37)7-3)30(32)36-31(35-29)25(19-34-36)23-14-15-26(33-18-23)22-12-9-8-10-13-22/h8-10,12-15,18-21,27,37H,5-7,11,16-17,32H2,1-4H3. The summed E-state index contributed by atoms with van der Waals surface area (Å²) < 4.78 is 1.62. The summed E-state index contributed by atoms with van der Waals surface area (Å²) in [6, 6.07) is 14.1. The van der Waals surface area contributed by atoms with Gasteiger partial charge in [-0.3, -0.25) is 9.78 Å². The third kappa shape index (κ3) is 5.78. The number of nitrogen functional groups attached to an aromatic ring is 1.